The minimum atomic E-state index is -0.494. The van der Waals surface area contributed by atoms with E-state index in [9.17, 15) is 9.59 Å². The molecule has 0 saturated carbocycles. The molecule has 0 bridgehead atoms. The third kappa shape index (κ3) is 3.73. The summed E-state index contributed by atoms with van der Waals surface area (Å²) < 4.78 is 5.11. The normalized spacial score (nSPS) is 10.2. The molecule has 0 radical (unpaired) electrons. The highest BCUT2D eigenvalue weighted by Crippen LogP contribution is 2.17. The van der Waals surface area contributed by atoms with Gasteiger partial charge in [0.15, 0.2) is 0 Å². The standard InChI is InChI=1S/C12H17N3O3/c1-8(2)18-12(17)9-5-4-6-14-11(9)15(3)7-10(13)16/h4-6,8H,7H2,1-3H3,(H2,13,16). The summed E-state index contributed by atoms with van der Waals surface area (Å²) in [4.78, 5) is 28.3. The second kappa shape index (κ2) is 6.00. The van der Waals surface area contributed by atoms with Crippen LogP contribution in [0.25, 0.3) is 0 Å². The van der Waals surface area contributed by atoms with E-state index in [2.05, 4.69) is 4.98 Å². The molecule has 0 spiro atoms. The second-order valence-corrected chi connectivity index (χ2v) is 4.15. The van der Waals surface area contributed by atoms with Crippen molar-refractivity contribution in [1.29, 1.82) is 0 Å². The number of ether oxygens (including phenoxy) is 1. The number of pyridine rings is 1. The van der Waals surface area contributed by atoms with Gasteiger partial charge in [-0.05, 0) is 26.0 Å². The van der Waals surface area contributed by atoms with Gasteiger partial charge in [-0.2, -0.15) is 0 Å². The summed E-state index contributed by atoms with van der Waals surface area (Å²) in [7, 11) is 1.64. The van der Waals surface area contributed by atoms with Crippen molar-refractivity contribution in [2.45, 2.75) is 20.0 Å². The van der Waals surface area contributed by atoms with Crippen molar-refractivity contribution in [3.8, 4) is 0 Å². The molecule has 0 saturated heterocycles. The first-order valence-corrected chi connectivity index (χ1v) is 5.57. The molecule has 1 amide bonds. The number of nitrogens with two attached hydrogens (primary N) is 1. The van der Waals surface area contributed by atoms with E-state index in [1.165, 1.54) is 4.90 Å². The number of primary amides is 1. The first kappa shape index (κ1) is 14.0. The number of likely N-dealkylation sites (N-methyl/N-ethyl adjacent to an activating group) is 1. The summed E-state index contributed by atoms with van der Waals surface area (Å²) in [5.74, 6) is -0.585. The van der Waals surface area contributed by atoms with E-state index in [1.807, 2.05) is 0 Å². The number of aromatic nitrogens is 1. The van der Waals surface area contributed by atoms with Gasteiger partial charge >= 0.3 is 5.97 Å². The summed E-state index contributed by atoms with van der Waals surface area (Å²) in [6.45, 7) is 3.51. The van der Waals surface area contributed by atoms with Crippen LogP contribution >= 0.6 is 0 Å². The van der Waals surface area contributed by atoms with Crippen molar-refractivity contribution in [3.63, 3.8) is 0 Å². The number of carbonyl (C=O) groups excluding carboxylic acids is 2. The van der Waals surface area contributed by atoms with Gasteiger partial charge in [-0.1, -0.05) is 0 Å². The highest BCUT2D eigenvalue weighted by atomic mass is 16.5. The zero-order valence-corrected chi connectivity index (χ0v) is 10.7. The van der Waals surface area contributed by atoms with Gasteiger partial charge in [-0.15, -0.1) is 0 Å². The van der Waals surface area contributed by atoms with Crippen molar-refractivity contribution < 1.29 is 14.3 Å². The molecule has 1 aromatic heterocycles. The molecule has 2 N–H and O–H groups in total. The molecule has 0 aliphatic carbocycles. The number of rotatable bonds is 5. The number of hydrogen-bond donors (Lipinski definition) is 1. The quantitative estimate of drug-likeness (QED) is 0.773. The number of hydrogen-bond acceptors (Lipinski definition) is 5. The van der Waals surface area contributed by atoms with Crippen molar-refractivity contribution in [2.24, 2.45) is 5.73 Å². The maximum atomic E-state index is 11.9. The lowest BCUT2D eigenvalue weighted by Crippen LogP contribution is -2.32. The van der Waals surface area contributed by atoms with Gasteiger partial charge in [-0.3, -0.25) is 4.79 Å². The third-order valence-corrected chi connectivity index (χ3v) is 2.10. The first-order valence-electron chi connectivity index (χ1n) is 5.57. The Morgan fingerprint density at radius 2 is 2.17 bits per heavy atom. The molecule has 0 fully saturated rings. The van der Waals surface area contributed by atoms with E-state index >= 15 is 0 Å². The molecule has 0 unspecified atom stereocenters. The third-order valence-electron chi connectivity index (χ3n) is 2.10. The molecular formula is C12H17N3O3. The Morgan fingerprint density at radius 1 is 1.50 bits per heavy atom. The van der Waals surface area contributed by atoms with Crippen LogP contribution in [0.15, 0.2) is 18.3 Å². The Labute approximate surface area is 106 Å². The predicted octanol–water partition coefficient (Wildman–Crippen LogP) is 0.568. The van der Waals surface area contributed by atoms with Crippen LogP contribution in [0.1, 0.15) is 24.2 Å². The molecule has 1 rings (SSSR count). The van der Waals surface area contributed by atoms with Crippen LogP contribution < -0.4 is 10.6 Å². The summed E-state index contributed by atoms with van der Waals surface area (Å²) in [5.41, 5.74) is 5.43. The van der Waals surface area contributed by atoms with E-state index in [-0.39, 0.29) is 12.6 Å². The Bertz CT molecular complexity index is 446. The van der Waals surface area contributed by atoms with E-state index in [0.717, 1.165) is 0 Å². The number of anilines is 1. The average molecular weight is 251 g/mol. The fraction of sp³-hybridized carbons (Fsp3) is 0.417. The maximum Gasteiger partial charge on any atom is 0.342 e. The lowest BCUT2D eigenvalue weighted by Gasteiger charge is -2.19. The largest absolute Gasteiger partial charge is 0.459 e. The fourth-order valence-electron chi connectivity index (χ4n) is 1.45. The van der Waals surface area contributed by atoms with E-state index in [4.69, 9.17) is 10.5 Å². The van der Waals surface area contributed by atoms with Crippen molar-refractivity contribution in [1.82, 2.24) is 4.98 Å². The van der Waals surface area contributed by atoms with Crippen LogP contribution in [0.5, 0.6) is 0 Å². The van der Waals surface area contributed by atoms with Crippen LogP contribution in [0.2, 0.25) is 0 Å². The lowest BCUT2D eigenvalue weighted by molar-refractivity contribution is -0.116. The second-order valence-electron chi connectivity index (χ2n) is 4.15. The smallest absolute Gasteiger partial charge is 0.342 e. The summed E-state index contributed by atoms with van der Waals surface area (Å²) in [6, 6.07) is 3.24. The minimum Gasteiger partial charge on any atom is -0.459 e. The molecule has 0 aliphatic heterocycles. The maximum absolute atomic E-state index is 11.9. The number of carbonyl (C=O) groups is 2. The van der Waals surface area contributed by atoms with Crippen LogP contribution in [0.3, 0.4) is 0 Å². The van der Waals surface area contributed by atoms with Crippen LogP contribution in [0, 0.1) is 0 Å². The van der Waals surface area contributed by atoms with Gasteiger partial charge in [0, 0.05) is 13.2 Å². The zero-order chi connectivity index (χ0) is 13.7. The highest BCUT2D eigenvalue weighted by Gasteiger charge is 2.18. The Kier molecular flexibility index (Phi) is 4.65. The van der Waals surface area contributed by atoms with E-state index in [0.29, 0.717) is 11.4 Å². The van der Waals surface area contributed by atoms with Crippen LogP contribution in [-0.2, 0) is 9.53 Å². The number of esters is 1. The van der Waals surface area contributed by atoms with Gasteiger partial charge in [0.25, 0.3) is 0 Å². The van der Waals surface area contributed by atoms with Crippen molar-refractivity contribution in [2.75, 3.05) is 18.5 Å². The molecule has 0 aromatic carbocycles. The lowest BCUT2D eigenvalue weighted by atomic mass is 10.2. The van der Waals surface area contributed by atoms with Crippen molar-refractivity contribution in [3.05, 3.63) is 23.9 Å². The molecule has 18 heavy (non-hydrogen) atoms. The summed E-state index contributed by atoms with van der Waals surface area (Å²) in [6.07, 6.45) is 1.32. The Hall–Kier alpha value is -2.11. The Balaban J connectivity index is 2.98. The molecule has 0 aliphatic rings. The summed E-state index contributed by atoms with van der Waals surface area (Å²) >= 11 is 0. The molecule has 0 atom stereocenters. The van der Waals surface area contributed by atoms with Gasteiger partial charge in [-0.25, -0.2) is 9.78 Å². The molecule has 1 aromatic rings. The molecule has 6 nitrogen and oxygen atoms in total. The topological polar surface area (TPSA) is 85.5 Å². The highest BCUT2D eigenvalue weighted by molar-refractivity contribution is 5.95. The SMILES string of the molecule is CC(C)OC(=O)c1cccnc1N(C)CC(N)=O. The van der Waals surface area contributed by atoms with Crippen molar-refractivity contribution >= 4 is 17.7 Å². The first-order chi connectivity index (χ1) is 8.41. The van der Waals surface area contributed by atoms with Crippen LogP contribution in [-0.4, -0.2) is 36.6 Å². The molecule has 98 valence electrons. The molecule has 6 heteroatoms. The summed E-state index contributed by atoms with van der Waals surface area (Å²) in [5, 5.41) is 0. The van der Waals surface area contributed by atoms with Crippen LogP contribution in [0.4, 0.5) is 5.82 Å². The molecule has 1 heterocycles. The van der Waals surface area contributed by atoms with E-state index in [1.54, 1.807) is 39.2 Å². The van der Waals surface area contributed by atoms with Gasteiger partial charge in [0.2, 0.25) is 5.91 Å². The average Bonchev–Trinajstić information content (AvgIpc) is 2.27. The monoisotopic (exact) mass is 251 g/mol. The zero-order valence-electron chi connectivity index (χ0n) is 10.7. The predicted molar refractivity (Wildman–Crippen MR) is 67.3 cm³/mol. The van der Waals surface area contributed by atoms with E-state index < -0.39 is 11.9 Å². The number of nitrogens with zero attached hydrogens (tertiary/aromatic N) is 2. The minimum absolute atomic E-state index is 0.0149. The molecular weight excluding hydrogens is 234 g/mol. The van der Waals surface area contributed by atoms with Gasteiger partial charge in [0.1, 0.15) is 11.4 Å². The van der Waals surface area contributed by atoms with Gasteiger partial charge in [0.05, 0.1) is 12.6 Å². The Morgan fingerprint density at radius 3 is 2.72 bits per heavy atom. The number of amides is 1. The fourth-order valence-corrected chi connectivity index (χ4v) is 1.45. The van der Waals surface area contributed by atoms with Gasteiger partial charge < -0.3 is 15.4 Å².